The summed E-state index contributed by atoms with van der Waals surface area (Å²) < 4.78 is 0. The van der Waals surface area contributed by atoms with Crippen LogP contribution in [0.25, 0.3) is 6.20 Å². The van der Waals surface area contributed by atoms with Gasteiger partial charge in [0, 0.05) is 11.4 Å². The zero-order valence-electron chi connectivity index (χ0n) is 15.9. The number of hydrogen-bond acceptors (Lipinski definition) is 9. The predicted octanol–water partition coefficient (Wildman–Crippen LogP) is 1.63. The van der Waals surface area contributed by atoms with E-state index in [9.17, 15) is 0 Å². The molecule has 0 bridgehead atoms. The highest BCUT2D eigenvalue weighted by Crippen LogP contribution is 2.28. The normalized spacial score (nSPS) is 16.2. The number of fused-ring (bicyclic) bond motifs is 1. The van der Waals surface area contributed by atoms with Crippen molar-refractivity contribution < 1.29 is 0 Å². The van der Waals surface area contributed by atoms with Gasteiger partial charge in [0.25, 0.3) is 0 Å². The number of nitrogens with two attached hydrogens (primary N) is 3. The van der Waals surface area contributed by atoms with E-state index < -0.39 is 0 Å². The van der Waals surface area contributed by atoms with Crippen molar-refractivity contribution in [1.29, 1.82) is 0 Å². The van der Waals surface area contributed by atoms with Crippen molar-refractivity contribution in [2.24, 2.45) is 4.99 Å². The molecule has 3 heterocycles. The zero-order chi connectivity index (χ0) is 21.4. The molecule has 4 rings (SSSR count). The number of nitrogens with one attached hydrogen (secondary N) is 1. The fourth-order valence-corrected chi connectivity index (χ4v) is 3.54. The number of benzene rings is 1. The molecule has 1 aromatic carbocycles. The Hall–Kier alpha value is -3.30. The average molecular weight is 444 g/mol. The minimum Gasteiger partial charge on any atom is -0.384 e. The van der Waals surface area contributed by atoms with E-state index in [4.69, 9.17) is 45.4 Å². The summed E-state index contributed by atoms with van der Waals surface area (Å²) in [5, 5.41) is 5.62. The summed E-state index contributed by atoms with van der Waals surface area (Å²) in [6, 6.07) is 8.91. The van der Waals surface area contributed by atoms with Gasteiger partial charge in [-0.3, -0.25) is 4.99 Å². The number of halogens is 2. The Bertz CT molecular complexity index is 1210. The van der Waals surface area contributed by atoms with Crippen LogP contribution in [0.4, 0.5) is 29.1 Å². The van der Waals surface area contributed by atoms with Crippen LogP contribution in [-0.2, 0) is 0 Å². The molecule has 154 valence electrons. The Kier molecular flexibility index (Phi) is 5.23. The molecule has 0 spiro atoms. The SMILES string of the molecule is CC(Nc1nc(N)nc(N)c1Cl)[C@@H]1N=c2cccc(Cl)c2=CN1c1ccc(N)nc1. The molecule has 0 aliphatic carbocycles. The Morgan fingerprint density at radius 1 is 1.10 bits per heavy atom. The highest BCUT2D eigenvalue weighted by molar-refractivity contribution is 6.35. The standard InChI is InChI=1S/C19H19Cl2N9/c1-9(26-17-15(21)16(23)28-19(24)29-17)18-27-13-4-2-3-12(20)11(13)8-30(18)10-5-6-14(22)25-7-10/h2-9,18H,1H3,(H2,22,25)(H5,23,24,26,28,29)/t9?,18-/m1/s1. The lowest BCUT2D eigenvalue weighted by molar-refractivity contribution is 0.584. The fraction of sp³-hybridized carbons (Fsp3) is 0.158. The van der Waals surface area contributed by atoms with E-state index in [-0.39, 0.29) is 29.0 Å². The third kappa shape index (κ3) is 3.77. The monoisotopic (exact) mass is 443 g/mol. The molecule has 7 N–H and O–H groups in total. The van der Waals surface area contributed by atoms with Crippen LogP contribution in [0.5, 0.6) is 0 Å². The molecule has 2 aromatic heterocycles. The third-order valence-electron chi connectivity index (χ3n) is 4.63. The Balaban J connectivity index is 1.78. The number of nitrogens with zero attached hydrogens (tertiary/aromatic N) is 5. The molecule has 1 unspecified atom stereocenters. The molecule has 1 aliphatic heterocycles. The van der Waals surface area contributed by atoms with Crippen LogP contribution in [-0.4, -0.2) is 27.2 Å². The second-order valence-electron chi connectivity index (χ2n) is 6.76. The van der Waals surface area contributed by atoms with Gasteiger partial charge in [0.15, 0.2) is 5.82 Å². The molecular formula is C19H19Cl2N9. The highest BCUT2D eigenvalue weighted by atomic mass is 35.5. The van der Waals surface area contributed by atoms with Crippen LogP contribution >= 0.6 is 23.2 Å². The van der Waals surface area contributed by atoms with Gasteiger partial charge in [-0.15, -0.1) is 0 Å². The van der Waals surface area contributed by atoms with E-state index in [0.717, 1.165) is 16.3 Å². The van der Waals surface area contributed by atoms with E-state index in [2.05, 4.69) is 20.3 Å². The quantitative estimate of drug-likeness (QED) is 0.475. The second-order valence-corrected chi connectivity index (χ2v) is 7.54. The topological polar surface area (TPSA) is 144 Å². The molecule has 0 saturated carbocycles. The van der Waals surface area contributed by atoms with Crippen molar-refractivity contribution in [2.45, 2.75) is 19.1 Å². The number of hydrogen-bond donors (Lipinski definition) is 4. The van der Waals surface area contributed by atoms with Gasteiger partial charge < -0.3 is 27.4 Å². The van der Waals surface area contributed by atoms with E-state index >= 15 is 0 Å². The maximum Gasteiger partial charge on any atom is 0.224 e. The maximum atomic E-state index is 6.40. The largest absolute Gasteiger partial charge is 0.384 e. The molecule has 30 heavy (non-hydrogen) atoms. The summed E-state index contributed by atoms with van der Waals surface area (Å²) >= 11 is 12.7. The summed E-state index contributed by atoms with van der Waals surface area (Å²) in [5.74, 6) is 0.877. The number of anilines is 5. The molecule has 9 nitrogen and oxygen atoms in total. The van der Waals surface area contributed by atoms with Gasteiger partial charge in [-0.2, -0.15) is 9.97 Å². The molecule has 2 atom stereocenters. The smallest absolute Gasteiger partial charge is 0.224 e. The number of aromatic nitrogens is 3. The van der Waals surface area contributed by atoms with E-state index in [1.807, 2.05) is 42.3 Å². The van der Waals surface area contributed by atoms with Gasteiger partial charge in [-0.1, -0.05) is 29.3 Å². The van der Waals surface area contributed by atoms with Crippen molar-refractivity contribution in [2.75, 3.05) is 27.4 Å². The summed E-state index contributed by atoms with van der Waals surface area (Å²) in [7, 11) is 0. The van der Waals surface area contributed by atoms with Crippen LogP contribution in [0.15, 0.2) is 41.5 Å². The maximum absolute atomic E-state index is 6.40. The Morgan fingerprint density at radius 3 is 2.63 bits per heavy atom. The van der Waals surface area contributed by atoms with Crippen LogP contribution in [0.2, 0.25) is 10.0 Å². The van der Waals surface area contributed by atoms with Crippen molar-refractivity contribution >= 4 is 58.5 Å². The summed E-state index contributed by atoms with van der Waals surface area (Å²) in [6.45, 7) is 1.94. The Morgan fingerprint density at radius 2 is 1.90 bits per heavy atom. The van der Waals surface area contributed by atoms with E-state index in [0.29, 0.717) is 16.7 Å². The van der Waals surface area contributed by atoms with Gasteiger partial charge in [0.1, 0.15) is 22.8 Å². The second kappa shape index (κ2) is 7.85. The first kappa shape index (κ1) is 20.0. The van der Waals surface area contributed by atoms with Crippen molar-refractivity contribution in [3.05, 3.63) is 57.1 Å². The van der Waals surface area contributed by atoms with Crippen LogP contribution in [0, 0.1) is 0 Å². The van der Waals surface area contributed by atoms with Crippen LogP contribution < -0.4 is 38.0 Å². The highest BCUT2D eigenvalue weighted by Gasteiger charge is 2.27. The van der Waals surface area contributed by atoms with E-state index in [1.54, 1.807) is 12.3 Å². The number of pyridine rings is 1. The molecule has 1 aliphatic rings. The van der Waals surface area contributed by atoms with Crippen molar-refractivity contribution in [3.63, 3.8) is 0 Å². The van der Waals surface area contributed by atoms with Crippen molar-refractivity contribution in [3.8, 4) is 0 Å². The number of nitrogen functional groups attached to an aromatic ring is 3. The van der Waals surface area contributed by atoms with Crippen LogP contribution in [0.3, 0.4) is 0 Å². The van der Waals surface area contributed by atoms with Gasteiger partial charge >= 0.3 is 0 Å². The van der Waals surface area contributed by atoms with Gasteiger partial charge in [-0.05, 0) is 31.2 Å². The lowest BCUT2D eigenvalue weighted by Crippen LogP contribution is -2.49. The summed E-state index contributed by atoms with van der Waals surface area (Å²) in [4.78, 5) is 19.1. The molecule has 0 saturated heterocycles. The fourth-order valence-electron chi connectivity index (χ4n) is 3.18. The van der Waals surface area contributed by atoms with Gasteiger partial charge in [0.2, 0.25) is 5.95 Å². The molecule has 11 heteroatoms. The van der Waals surface area contributed by atoms with Gasteiger partial charge in [0.05, 0.1) is 28.3 Å². The molecule has 0 radical (unpaired) electrons. The summed E-state index contributed by atoms with van der Waals surface area (Å²) in [5.41, 5.74) is 18.1. The minimum absolute atomic E-state index is 0.0236. The minimum atomic E-state index is -0.380. The Labute approximate surface area is 182 Å². The average Bonchev–Trinajstić information content (AvgIpc) is 2.71. The van der Waals surface area contributed by atoms with Crippen molar-refractivity contribution in [1.82, 2.24) is 15.0 Å². The number of rotatable bonds is 4. The first-order chi connectivity index (χ1) is 14.3. The first-order valence-electron chi connectivity index (χ1n) is 9.02. The van der Waals surface area contributed by atoms with Crippen LogP contribution in [0.1, 0.15) is 6.92 Å². The summed E-state index contributed by atoms with van der Waals surface area (Å²) in [6.07, 6.45) is 3.23. The first-order valence-corrected chi connectivity index (χ1v) is 9.78. The van der Waals surface area contributed by atoms with E-state index in [1.165, 1.54) is 0 Å². The predicted molar refractivity (Wildman–Crippen MR) is 121 cm³/mol. The zero-order valence-corrected chi connectivity index (χ0v) is 17.4. The molecule has 0 amide bonds. The molecule has 3 aromatic rings. The lowest BCUT2D eigenvalue weighted by Gasteiger charge is -2.34. The van der Waals surface area contributed by atoms with Gasteiger partial charge in [-0.25, -0.2) is 4.98 Å². The molecule has 0 fully saturated rings. The third-order valence-corrected chi connectivity index (χ3v) is 5.33. The molecular weight excluding hydrogens is 425 g/mol. The lowest BCUT2D eigenvalue weighted by atomic mass is 10.1.